The van der Waals surface area contributed by atoms with E-state index in [4.69, 9.17) is 9.47 Å². The molecule has 0 bridgehead atoms. The Morgan fingerprint density at radius 3 is 2.70 bits per heavy atom. The van der Waals surface area contributed by atoms with Gasteiger partial charge in [0.25, 0.3) is 0 Å². The maximum Gasteiger partial charge on any atom is 0.309 e. The van der Waals surface area contributed by atoms with Gasteiger partial charge in [-0.05, 0) is 38.5 Å². The smallest absolute Gasteiger partial charge is 0.309 e. The van der Waals surface area contributed by atoms with Gasteiger partial charge in [-0.3, -0.25) is 4.79 Å². The zero-order chi connectivity index (χ0) is 14.5. The zero-order valence-electron chi connectivity index (χ0n) is 12.6. The predicted octanol–water partition coefficient (Wildman–Crippen LogP) is 4.08. The molecule has 3 nitrogen and oxygen atoms in total. The van der Waals surface area contributed by atoms with Crippen molar-refractivity contribution in [3.05, 3.63) is 0 Å². The minimum Gasteiger partial charge on any atom is -0.466 e. The largest absolute Gasteiger partial charge is 0.466 e. The summed E-state index contributed by atoms with van der Waals surface area (Å²) in [6.07, 6.45) is 8.47. The molecule has 0 aliphatic heterocycles. The number of ether oxygens (including phenoxy) is 2. The second-order valence-electron chi connectivity index (χ2n) is 6.17. The third kappa shape index (κ3) is 4.20. The van der Waals surface area contributed by atoms with Crippen LogP contribution >= 0.6 is 15.9 Å². The predicted molar refractivity (Wildman–Crippen MR) is 83.0 cm³/mol. The maximum atomic E-state index is 11.8. The number of halogens is 1. The molecule has 116 valence electrons. The summed E-state index contributed by atoms with van der Waals surface area (Å²) in [6, 6.07) is 0. The lowest BCUT2D eigenvalue weighted by Crippen LogP contribution is -2.30. The van der Waals surface area contributed by atoms with Crippen molar-refractivity contribution < 1.29 is 14.3 Å². The highest BCUT2D eigenvalue weighted by atomic mass is 79.9. The molecule has 5 unspecified atom stereocenters. The number of esters is 1. The first-order valence-electron chi connectivity index (χ1n) is 8.10. The number of hydrogen-bond donors (Lipinski definition) is 0. The van der Waals surface area contributed by atoms with Crippen LogP contribution in [0.25, 0.3) is 0 Å². The van der Waals surface area contributed by atoms with Crippen LogP contribution < -0.4 is 0 Å². The van der Waals surface area contributed by atoms with Crippen LogP contribution in [-0.4, -0.2) is 29.6 Å². The van der Waals surface area contributed by atoms with E-state index in [0.29, 0.717) is 17.5 Å². The molecule has 20 heavy (non-hydrogen) atoms. The summed E-state index contributed by atoms with van der Waals surface area (Å²) in [5.74, 6) is 0.776. The van der Waals surface area contributed by atoms with Crippen LogP contribution in [0.4, 0.5) is 0 Å². The van der Waals surface area contributed by atoms with Gasteiger partial charge < -0.3 is 9.47 Å². The van der Waals surface area contributed by atoms with Crippen molar-refractivity contribution in [3.8, 4) is 0 Å². The second-order valence-corrected chi connectivity index (χ2v) is 7.35. The van der Waals surface area contributed by atoms with Crippen LogP contribution in [0.15, 0.2) is 0 Å². The van der Waals surface area contributed by atoms with Crippen LogP contribution in [0.2, 0.25) is 0 Å². The van der Waals surface area contributed by atoms with Gasteiger partial charge in [0.1, 0.15) is 0 Å². The molecule has 2 rings (SSSR count). The molecule has 2 aliphatic rings. The minimum atomic E-state index is -0.0573. The van der Waals surface area contributed by atoms with Gasteiger partial charge in [0.2, 0.25) is 0 Å². The van der Waals surface area contributed by atoms with E-state index in [1.54, 1.807) is 0 Å². The van der Waals surface area contributed by atoms with Gasteiger partial charge in [0, 0.05) is 4.83 Å². The van der Waals surface area contributed by atoms with E-state index < -0.39 is 0 Å². The van der Waals surface area contributed by atoms with E-state index in [2.05, 4.69) is 22.9 Å². The van der Waals surface area contributed by atoms with E-state index in [-0.39, 0.29) is 18.0 Å². The average molecular weight is 347 g/mol. The molecular formula is C16H27BrO3. The molecule has 2 saturated carbocycles. The van der Waals surface area contributed by atoms with Crippen LogP contribution in [-0.2, 0) is 14.3 Å². The van der Waals surface area contributed by atoms with Crippen molar-refractivity contribution in [2.45, 2.75) is 75.8 Å². The lowest BCUT2D eigenvalue weighted by atomic mass is 9.85. The van der Waals surface area contributed by atoms with Gasteiger partial charge in [-0.1, -0.05) is 42.1 Å². The lowest BCUT2D eigenvalue weighted by molar-refractivity contribution is -0.148. The molecule has 4 heteroatoms. The molecule has 0 aromatic carbocycles. The van der Waals surface area contributed by atoms with Crippen LogP contribution in [0, 0.1) is 11.8 Å². The molecule has 2 aliphatic carbocycles. The van der Waals surface area contributed by atoms with Crippen molar-refractivity contribution in [2.24, 2.45) is 11.8 Å². The lowest BCUT2D eigenvalue weighted by Gasteiger charge is -2.31. The molecular weight excluding hydrogens is 320 g/mol. The minimum absolute atomic E-state index is 0.00916. The molecule has 0 heterocycles. The Morgan fingerprint density at radius 1 is 1.20 bits per heavy atom. The van der Waals surface area contributed by atoms with Gasteiger partial charge >= 0.3 is 5.97 Å². The zero-order valence-corrected chi connectivity index (χ0v) is 14.2. The molecule has 0 aromatic rings. The van der Waals surface area contributed by atoms with Gasteiger partial charge in [-0.25, -0.2) is 0 Å². The molecule has 0 amide bonds. The second kappa shape index (κ2) is 7.79. The Balaban J connectivity index is 1.82. The quantitative estimate of drug-likeness (QED) is 0.555. The van der Waals surface area contributed by atoms with E-state index in [9.17, 15) is 4.79 Å². The van der Waals surface area contributed by atoms with Crippen molar-refractivity contribution in [2.75, 3.05) is 6.61 Å². The monoisotopic (exact) mass is 346 g/mol. The number of alkyl halides is 1. The molecule has 5 atom stereocenters. The van der Waals surface area contributed by atoms with Crippen molar-refractivity contribution in [1.82, 2.24) is 0 Å². The van der Waals surface area contributed by atoms with Gasteiger partial charge in [-0.2, -0.15) is 0 Å². The Labute approximate surface area is 130 Å². The summed E-state index contributed by atoms with van der Waals surface area (Å²) >= 11 is 3.69. The van der Waals surface area contributed by atoms with Gasteiger partial charge in [0.15, 0.2) is 0 Å². The number of carbonyl (C=O) groups is 1. The van der Waals surface area contributed by atoms with Crippen LogP contribution in [0.5, 0.6) is 0 Å². The molecule has 0 spiro atoms. The van der Waals surface area contributed by atoms with Crippen molar-refractivity contribution in [3.63, 3.8) is 0 Å². The first kappa shape index (κ1) is 16.3. The summed E-state index contributed by atoms with van der Waals surface area (Å²) in [5, 5.41) is 0. The van der Waals surface area contributed by atoms with Crippen LogP contribution in [0.3, 0.4) is 0 Å². The van der Waals surface area contributed by atoms with Gasteiger partial charge in [0.05, 0.1) is 24.7 Å². The highest BCUT2D eigenvalue weighted by Crippen LogP contribution is 2.37. The Bertz CT molecular complexity index is 321. The summed E-state index contributed by atoms with van der Waals surface area (Å²) in [5.41, 5.74) is 0. The van der Waals surface area contributed by atoms with Gasteiger partial charge in [-0.15, -0.1) is 0 Å². The number of carbonyl (C=O) groups excluding carboxylic acids is 1. The number of hydrogen-bond acceptors (Lipinski definition) is 3. The van der Waals surface area contributed by atoms with E-state index in [1.807, 2.05) is 6.92 Å². The third-order valence-corrected chi connectivity index (χ3v) is 5.69. The highest BCUT2D eigenvalue weighted by molar-refractivity contribution is 9.09. The fourth-order valence-electron chi connectivity index (χ4n) is 3.52. The molecule has 0 aromatic heterocycles. The fraction of sp³-hybridized carbons (Fsp3) is 0.938. The topological polar surface area (TPSA) is 35.5 Å². The average Bonchev–Trinajstić information content (AvgIpc) is 2.81. The SMILES string of the molecule is CCOC(=O)C1CC(Br)C(OC2CCCC(CC)C2)C1. The summed E-state index contributed by atoms with van der Waals surface area (Å²) < 4.78 is 11.4. The molecule has 0 radical (unpaired) electrons. The van der Waals surface area contributed by atoms with E-state index in [0.717, 1.165) is 18.8 Å². The third-order valence-electron chi connectivity index (χ3n) is 4.73. The molecule has 2 fully saturated rings. The molecule has 0 N–H and O–H groups in total. The fourth-order valence-corrected chi connectivity index (χ4v) is 4.32. The summed E-state index contributed by atoms with van der Waals surface area (Å²) in [6.45, 7) is 4.60. The van der Waals surface area contributed by atoms with E-state index >= 15 is 0 Å². The number of rotatable bonds is 5. The van der Waals surface area contributed by atoms with Crippen molar-refractivity contribution >= 4 is 21.9 Å². The first-order valence-corrected chi connectivity index (χ1v) is 9.01. The normalized spacial score (nSPS) is 37.9. The standard InChI is InChI=1S/C16H27BrO3/c1-3-11-6-5-7-13(8-11)20-15-10-12(9-14(15)17)16(18)19-4-2/h11-15H,3-10H2,1-2H3. The van der Waals surface area contributed by atoms with Crippen molar-refractivity contribution in [1.29, 1.82) is 0 Å². The van der Waals surface area contributed by atoms with E-state index in [1.165, 1.54) is 32.1 Å². The van der Waals surface area contributed by atoms with Crippen LogP contribution in [0.1, 0.15) is 58.8 Å². The molecule has 0 saturated heterocycles. The Kier molecular flexibility index (Phi) is 6.34. The first-order chi connectivity index (χ1) is 9.63. The Morgan fingerprint density at radius 2 is 2.00 bits per heavy atom. The summed E-state index contributed by atoms with van der Waals surface area (Å²) in [7, 11) is 0. The highest BCUT2D eigenvalue weighted by Gasteiger charge is 2.39. The summed E-state index contributed by atoms with van der Waals surface area (Å²) in [4.78, 5) is 12.1. The Hall–Kier alpha value is -0.0900. The maximum absolute atomic E-state index is 11.8.